The van der Waals surface area contributed by atoms with Crippen molar-refractivity contribution in [2.45, 2.75) is 52.3 Å². The topological polar surface area (TPSA) is 84.9 Å². The number of rotatable bonds is 6. The molecule has 2 amide bonds. The number of nitrogens with one attached hydrogen (secondary N) is 1. The summed E-state index contributed by atoms with van der Waals surface area (Å²) in [6.07, 6.45) is 1.44. The highest BCUT2D eigenvalue weighted by molar-refractivity contribution is 5.95. The van der Waals surface area contributed by atoms with E-state index in [1.807, 2.05) is 30.3 Å². The Morgan fingerprint density at radius 2 is 1.82 bits per heavy atom. The lowest BCUT2D eigenvalue weighted by atomic mass is 9.88. The highest BCUT2D eigenvalue weighted by atomic mass is 16.6. The molecule has 0 spiro atoms. The quantitative estimate of drug-likeness (QED) is 0.494. The number of esters is 1. The van der Waals surface area contributed by atoms with Crippen molar-refractivity contribution in [1.82, 2.24) is 5.32 Å². The minimum atomic E-state index is -0.510. The van der Waals surface area contributed by atoms with Crippen LogP contribution in [0.25, 0.3) is 11.1 Å². The number of fused-ring (bicyclic) bond motifs is 1. The first-order valence-electron chi connectivity index (χ1n) is 11.1. The van der Waals surface area contributed by atoms with Crippen LogP contribution in [-0.4, -0.2) is 36.7 Å². The number of carbonyl (C=O) groups is 3. The Balaban J connectivity index is 2.00. The molecule has 3 rings (SSSR count). The first-order valence-corrected chi connectivity index (χ1v) is 11.1. The summed E-state index contributed by atoms with van der Waals surface area (Å²) in [5.74, 6) is -0.467. The Bertz CT molecular complexity index is 1050. The summed E-state index contributed by atoms with van der Waals surface area (Å²) in [6, 6.07) is 12.3. The maximum atomic E-state index is 12.4. The average molecular weight is 451 g/mol. The van der Waals surface area contributed by atoms with Gasteiger partial charge in [-0.05, 0) is 68.1 Å². The fraction of sp³-hybridized carbons (Fsp3) is 0.346. The molecular weight excluding hydrogens is 420 g/mol. The lowest BCUT2D eigenvalue weighted by molar-refractivity contribution is -0.117. The highest BCUT2D eigenvalue weighted by Gasteiger charge is 2.34. The summed E-state index contributed by atoms with van der Waals surface area (Å²) in [7, 11) is 0. The number of hydrogen-bond donors (Lipinski definition) is 1. The number of hydrogen-bond acceptors (Lipinski definition) is 5. The van der Waals surface area contributed by atoms with Gasteiger partial charge in [-0.3, -0.25) is 4.79 Å². The number of carbonyl (C=O) groups excluding carboxylic acids is 3. The Morgan fingerprint density at radius 3 is 2.39 bits per heavy atom. The van der Waals surface area contributed by atoms with Crippen LogP contribution in [0.15, 0.2) is 55.1 Å². The molecule has 0 saturated carbocycles. The van der Waals surface area contributed by atoms with Gasteiger partial charge in [0.15, 0.2) is 0 Å². The number of alkyl carbamates (subject to hydrolysis) is 1. The Labute approximate surface area is 194 Å². The van der Waals surface area contributed by atoms with Gasteiger partial charge >= 0.3 is 12.1 Å². The minimum Gasteiger partial charge on any atom is -0.462 e. The van der Waals surface area contributed by atoms with Gasteiger partial charge < -0.3 is 19.7 Å². The fourth-order valence-corrected chi connectivity index (χ4v) is 4.03. The van der Waals surface area contributed by atoms with Gasteiger partial charge in [-0.25, -0.2) is 9.59 Å². The molecule has 33 heavy (non-hydrogen) atoms. The van der Waals surface area contributed by atoms with E-state index in [9.17, 15) is 14.4 Å². The van der Waals surface area contributed by atoms with Crippen LogP contribution in [0.1, 0.15) is 56.1 Å². The van der Waals surface area contributed by atoms with Crippen molar-refractivity contribution in [2.24, 2.45) is 0 Å². The smallest absolute Gasteiger partial charge is 0.407 e. The summed E-state index contributed by atoms with van der Waals surface area (Å²) < 4.78 is 10.3. The van der Waals surface area contributed by atoms with Crippen molar-refractivity contribution in [2.75, 3.05) is 11.5 Å². The number of benzene rings is 2. The summed E-state index contributed by atoms with van der Waals surface area (Å²) >= 11 is 0. The van der Waals surface area contributed by atoms with Gasteiger partial charge in [0.2, 0.25) is 5.91 Å². The van der Waals surface area contributed by atoms with Gasteiger partial charge in [0, 0.05) is 12.6 Å². The zero-order chi connectivity index (χ0) is 24.1. The molecule has 1 N–H and O–H groups in total. The van der Waals surface area contributed by atoms with Crippen LogP contribution in [0, 0.1) is 0 Å². The van der Waals surface area contributed by atoms with Gasteiger partial charge in [-0.2, -0.15) is 0 Å². The molecule has 2 aromatic rings. The van der Waals surface area contributed by atoms with E-state index in [1.165, 1.54) is 6.92 Å². The van der Waals surface area contributed by atoms with Crippen LogP contribution in [0.5, 0.6) is 0 Å². The van der Waals surface area contributed by atoms with Gasteiger partial charge in [0.05, 0.1) is 30.4 Å². The van der Waals surface area contributed by atoms with Gasteiger partial charge in [0.25, 0.3) is 0 Å². The fourth-order valence-electron chi connectivity index (χ4n) is 4.03. The van der Waals surface area contributed by atoms with E-state index >= 15 is 0 Å². The van der Waals surface area contributed by atoms with E-state index in [4.69, 9.17) is 9.47 Å². The van der Waals surface area contributed by atoms with Crippen molar-refractivity contribution >= 4 is 23.7 Å². The molecule has 0 saturated heterocycles. The van der Waals surface area contributed by atoms with Crippen molar-refractivity contribution in [3.63, 3.8) is 0 Å². The standard InChI is InChI=1S/C26H30N2O5/c1-6-21-15-23(27-26(31)33-16(3)4)22-14-20(12-13-24(22)28(21)17(5)29)18-8-10-19(11-9-18)25(30)32-7-2/h6,8-14,16,21,23H,1,7,15H2,2-5H3,(H,27,31). The van der Waals surface area contributed by atoms with Gasteiger partial charge in [-0.15, -0.1) is 6.58 Å². The predicted octanol–water partition coefficient (Wildman–Crippen LogP) is 5.02. The first-order chi connectivity index (χ1) is 15.7. The van der Waals surface area contributed by atoms with E-state index in [1.54, 1.807) is 43.9 Å². The molecule has 2 unspecified atom stereocenters. The van der Waals surface area contributed by atoms with E-state index < -0.39 is 6.09 Å². The maximum Gasteiger partial charge on any atom is 0.407 e. The van der Waals surface area contributed by atoms with E-state index in [-0.39, 0.29) is 30.1 Å². The predicted molar refractivity (Wildman–Crippen MR) is 127 cm³/mol. The molecule has 0 fully saturated rings. The molecule has 0 aliphatic carbocycles. The second-order valence-electron chi connectivity index (χ2n) is 8.15. The summed E-state index contributed by atoms with van der Waals surface area (Å²) in [4.78, 5) is 38.4. The van der Waals surface area contributed by atoms with Gasteiger partial charge in [0.1, 0.15) is 0 Å². The largest absolute Gasteiger partial charge is 0.462 e. The maximum absolute atomic E-state index is 12.4. The van der Waals surface area contributed by atoms with Gasteiger partial charge in [-0.1, -0.05) is 24.3 Å². The Kier molecular flexibility index (Phi) is 7.53. The first kappa shape index (κ1) is 24.0. The monoisotopic (exact) mass is 450 g/mol. The SMILES string of the molecule is C=CC1CC(NC(=O)OC(C)C)c2cc(-c3ccc(C(=O)OCC)cc3)ccc2N1C(C)=O. The molecule has 2 aromatic carbocycles. The second-order valence-corrected chi connectivity index (χ2v) is 8.15. The van der Waals surface area contributed by atoms with Crippen molar-refractivity contribution < 1.29 is 23.9 Å². The second kappa shape index (κ2) is 10.3. The number of anilines is 1. The highest BCUT2D eigenvalue weighted by Crippen LogP contribution is 2.40. The lowest BCUT2D eigenvalue weighted by Crippen LogP contribution is -2.46. The Morgan fingerprint density at radius 1 is 1.15 bits per heavy atom. The molecule has 0 aromatic heterocycles. The molecule has 0 bridgehead atoms. The molecule has 7 nitrogen and oxygen atoms in total. The molecule has 1 aliphatic heterocycles. The third-order valence-corrected chi connectivity index (χ3v) is 5.45. The minimum absolute atomic E-state index is 0.101. The summed E-state index contributed by atoms with van der Waals surface area (Å²) in [5.41, 5.74) is 3.81. The van der Waals surface area contributed by atoms with Crippen molar-refractivity contribution in [3.05, 3.63) is 66.2 Å². The van der Waals surface area contributed by atoms with Crippen LogP contribution < -0.4 is 10.2 Å². The van der Waals surface area contributed by atoms with Crippen LogP contribution in [0.3, 0.4) is 0 Å². The third-order valence-electron chi connectivity index (χ3n) is 5.45. The van der Waals surface area contributed by atoms with E-state index in [0.717, 1.165) is 22.4 Å². The number of amides is 2. The lowest BCUT2D eigenvalue weighted by Gasteiger charge is -2.39. The van der Waals surface area contributed by atoms with Crippen LogP contribution in [-0.2, 0) is 14.3 Å². The van der Waals surface area contributed by atoms with Crippen LogP contribution >= 0.6 is 0 Å². The summed E-state index contributed by atoms with van der Waals surface area (Å²) in [6.45, 7) is 11.1. The molecule has 2 atom stereocenters. The number of ether oxygens (including phenoxy) is 2. The molecule has 1 heterocycles. The molecule has 7 heteroatoms. The third kappa shape index (κ3) is 5.42. The average Bonchev–Trinajstić information content (AvgIpc) is 2.78. The van der Waals surface area contributed by atoms with E-state index in [0.29, 0.717) is 18.6 Å². The Hall–Kier alpha value is -3.61. The number of nitrogens with zero attached hydrogens (tertiary/aromatic N) is 1. The zero-order valence-electron chi connectivity index (χ0n) is 19.5. The zero-order valence-corrected chi connectivity index (χ0v) is 19.5. The van der Waals surface area contributed by atoms with Crippen LogP contribution in [0.2, 0.25) is 0 Å². The normalized spacial score (nSPS) is 17.2. The van der Waals surface area contributed by atoms with Crippen molar-refractivity contribution in [1.29, 1.82) is 0 Å². The van der Waals surface area contributed by atoms with E-state index in [2.05, 4.69) is 11.9 Å². The molecule has 174 valence electrons. The van der Waals surface area contributed by atoms with Crippen LogP contribution in [0.4, 0.5) is 10.5 Å². The van der Waals surface area contributed by atoms with Crippen molar-refractivity contribution in [3.8, 4) is 11.1 Å². The molecule has 0 radical (unpaired) electrons. The molecule has 1 aliphatic rings. The summed E-state index contributed by atoms with van der Waals surface area (Å²) in [5, 5.41) is 2.94. The molecular formula is C26H30N2O5.